The zero-order valence-electron chi connectivity index (χ0n) is 10.5. The molecule has 0 fully saturated rings. The van der Waals surface area contributed by atoms with E-state index in [2.05, 4.69) is 10.6 Å². The lowest BCUT2D eigenvalue weighted by molar-refractivity contribution is -0.122. The van der Waals surface area contributed by atoms with Gasteiger partial charge in [-0.15, -0.1) is 11.3 Å². The summed E-state index contributed by atoms with van der Waals surface area (Å²) in [5.74, 6) is -0.255. The van der Waals surface area contributed by atoms with Crippen LogP contribution in [0, 0.1) is 0 Å². The van der Waals surface area contributed by atoms with Crippen molar-refractivity contribution in [2.75, 3.05) is 0 Å². The van der Waals surface area contributed by atoms with Crippen LogP contribution >= 0.6 is 11.3 Å². The predicted molar refractivity (Wildman–Crippen MR) is 75.9 cm³/mol. The summed E-state index contributed by atoms with van der Waals surface area (Å²) in [4.78, 5) is 22.4. The molecule has 1 heterocycles. The van der Waals surface area contributed by atoms with Crippen LogP contribution in [0.15, 0.2) is 29.6 Å². The summed E-state index contributed by atoms with van der Waals surface area (Å²) in [6, 6.07) is 6.68. The highest BCUT2D eigenvalue weighted by Gasteiger charge is 2.14. The summed E-state index contributed by atoms with van der Waals surface area (Å²) in [5.41, 5.74) is 6.04. The average molecular weight is 277 g/mol. The molecule has 6 heteroatoms. The molecule has 1 aromatic carbocycles. The fourth-order valence-electron chi connectivity index (χ4n) is 1.78. The number of carbonyl (C=O) groups excluding carboxylic acids is 2. The summed E-state index contributed by atoms with van der Waals surface area (Å²) < 4.78 is 1.19. The van der Waals surface area contributed by atoms with Crippen LogP contribution in [0.2, 0.25) is 0 Å². The van der Waals surface area contributed by atoms with E-state index in [4.69, 9.17) is 5.73 Å². The molecule has 0 aliphatic rings. The molecular formula is C13H15N3O2S. The Bertz CT molecular complexity index is 609. The summed E-state index contributed by atoms with van der Waals surface area (Å²) in [6.07, 6.45) is 0. The smallest absolute Gasteiger partial charge is 0.312 e. The molecule has 0 aliphatic carbocycles. The van der Waals surface area contributed by atoms with E-state index in [1.54, 1.807) is 18.3 Å². The monoisotopic (exact) mass is 277 g/mol. The van der Waals surface area contributed by atoms with Crippen LogP contribution in [-0.2, 0) is 11.3 Å². The van der Waals surface area contributed by atoms with E-state index in [0.29, 0.717) is 6.54 Å². The van der Waals surface area contributed by atoms with Gasteiger partial charge in [-0.1, -0.05) is 18.2 Å². The first kappa shape index (κ1) is 13.4. The number of nitrogens with two attached hydrogens (primary N) is 1. The quantitative estimate of drug-likeness (QED) is 0.792. The van der Waals surface area contributed by atoms with Crippen LogP contribution in [0.5, 0.6) is 0 Å². The molecule has 2 rings (SSSR count). The minimum atomic E-state index is -0.705. The lowest BCUT2D eigenvalue weighted by Gasteiger charge is -2.12. The molecule has 0 saturated heterocycles. The van der Waals surface area contributed by atoms with Gasteiger partial charge in [0.2, 0.25) is 5.91 Å². The topological polar surface area (TPSA) is 84.2 Å². The maximum Gasteiger partial charge on any atom is 0.312 e. The van der Waals surface area contributed by atoms with E-state index >= 15 is 0 Å². The van der Waals surface area contributed by atoms with Gasteiger partial charge in [0.1, 0.15) is 6.04 Å². The fraction of sp³-hybridized carbons (Fsp3) is 0.231. The van der Waals surface area contributed by atoms with E-state index in [-0.39, 0.29) is 5.91 Å². The number of amides is 3. The van der Waals surface area contributed by atoms with Gasteiger partial charge >= 0.3 is 6.03 Å². The van der Waals surface area contributed by atoms with Gasteiger partial charge in [0.05, 0.1) is 0 Å². The summed E-state index contributed by atoms with van der Waals surface area (Å²) in [7, 11) is 0. The molecule has 0 unspecified atom stereocenters. The van der Waals surface area contributed by atoms with Gasteiger partial charge in [-0.25, -0.2) is 4.79 Å². The zero-order chi connectivity index (χ0) is 13.8. The summed E-state index contributed by atoms with van der Waals surface area (Å²) in [6.45, 7) is 2.03. The Kier molecular flexibility index (Phi) is 4.01. The molecule has 0 radical (unpaired) electrons. The maximum atomic E-state index is 11.7. The number of urea groups is 1. The van der Waals surface area contributed by atoms with Gasteiger partial charge in [-0.2, -0.15) is 0 Å². The third-order valence-corrected chi connectivity index (χ3v) is 3.78. The minimum Gasteiger partial charge on any atom is -0.352 e. The highest BCUT2D eigenvalue weighted by Crippen LogP contribution is 2.25. The number of carbonyl (C=O) groups is 2. The molecule has 1 aromatic heterocycles. The van der Waals surface area contributed by atoms with Crippen LogP contribution in [0.3, 0.4) is 0 Å². The third-order valence-electron chi connectivity index (χ3n) is 2.77. The summed E-state index contributed by atoms with van der Waals surface area (Å²) in [5, 5.41) is 8.29. The van der Waals surface area contributed by atoms with Gasteiger partial charge in [0, 0.05) is 11.2 Å². The second-order valence-corrected chi connectivity index (χ2v) is 5.12. The van der Waals surface area contributed by atoms with E-state index in [1.165, 1.54) is 4.70 Å². The van der Waals surface area contributed by atoms with Crippen LogP contribution < -0.4 is 16.4 Å². The van der Waals surface area contributed by atoms with Crippen molar-refractivity contribution < 1.29 is 9.59 Å². The molecule has 0 aliphatic heterocycles. The van der Waals surface area contributed by atoms with E-state index in [1.807, 2.05) is 29.6 Å². The average Bonchev–Trinajstić information content (AvgIpc) is 2.78. The highest BCUT2D eigenvalue weighted by molar-refractivity contribution is 7.17. The zero-order valence-corrected chi connectivity index (χ0v) is 11.3. The van der Waals surface area contributed by atoms with Gasteiger partial charge < -0.3 is 16.4 Å². The lowest BCUT2D eigenvalue weighted by Crippen LogP contribution is -2.46. The number of benzene rings is 1. The number of rotatable bonds is 4. The minimum absolute atomic E-state index is 0.255. The molecule has 0 bridgehead atoms. The molecule has 2 aromatic rings. The number of primary amides is 1. The lowest BCUT2D eigenvalue weighted by atomic mass is 10.2. The van der Waals surface area contributed by atoms with Gasteiger partial charge in [0.25, 0.3) is 0 Å². The molecule has 3 amide bonds. The van der Waals surface area contributed by atoms with Crippen molar-refractivity contribution in [1.29, 1.82) is 0 Å². The Balaban J connectivity index is 1.99. The first-order valence-corrected chi connectivity index (χ1v) is 6.74. The first-order valence-electron chi connectivity index (χ1n) is 5.86. The van der Waals surface area contributed by atoms with Crippen molar-refractivity contribution in [3.8, 4) is 0 Å². The molecule has 100 valence electrons. The van der Waals surface area contributed by atoms with Gasteiger partial charge in [-0.3, -0.25) is 4.79 Å². The van der Waals surface area contributed by atoms with Crippen molar-refractivity contribution in [3.63, 3.8) is 0 Å². The van der Waals surface area contributed by atoms with Gasteiger partial charge in [-0.05, 0) is 29.3 Å². The Morgan fingerprint density at radius 2 is 2.11 bits per heavy atom. The predicted octanol–water partition coefficient (Wildman–Crippen LogP) is 1.57. The molecule has 0 saturated carbocycles. The van der Waals surface area contributed by atoms with Crippen LogP contribution in [0.4, 0.5) is 4.79 Å². The second kappa shape index (κ2) is 5.71. The number of nitrogens with one attached hydrogen (secondary N) is 2. The maximum absolute atomic E-state index is 11.7. The van der Waals surface area contributed by atoms with Crippen LogP contribution in [0.1, 0.15) is 12.5 Å². The molecular weight excluding hydrogens is 262 g/mol. The van der Waals surface area contributed by atoms with Crippen LogP contribution in [0.25, 0.3) is 10.1 Å². The summed E-state index contributed by atoms with van der Waals surface area (Å²) >= 11 is 1.64. The normalized spacial score (nSPS) is 12.1. The number of hydrogen-bond acceptors (Lipinski definition) is 3. The number of thiophene rings is 1. The molecule has 5 nitrogen and oxygen atoms in total. The first-order chi connectivity index (χ1) is 9.08. The molecule has 19 heavy (non-hydrogen) atoms. The van der Waals surface area contributed by atoms with Crippen molar-refractivity contribution in [1.82, 2.24) is 10.6 Å². The Hall–Kier alpha value is -2.08. The van der Waals surface area contributed by atoms with E-state index in [9.17, 15) is 9.59 Å². The SMILES string of the molecule is C[C@H](NC(N)=O)C(=O)NCc1csc2ccccc12. The fourth-order valence-corrected chi connectivity index (χ4v) is 2.75. The van der Waals surface area contributed by atoms with Crippen molar-refractivity contribution in [2.24, 2.45) is 5.73 Å². The number of fused-ring (bicyclic) bond motifs is 1. The second-order valence-electron chi connectivity index (χ2n) is 4.21. The standard InChI is InChI=1S/C13H15N3O2S/c1-8(16-13(14)18)12(17)15-6-9-7-19-11-5-3-2-4-10(9)11/h2-5,7-8H,6H2,1H3,(H,15,17)(H3,14,16,18)/t8-/m0/s1. The largest absolute Gasteiger partial charge is 0.352 e. The Labute approximate surface area is 114 Å². The van der Waals surface area contributed by atoms with Crippen molar-refractivity contribution in [3.05, 3.63) is 35.2 Å². The van der Waals surface area contributed by atoms with Crippen LogP contribution in [-0.4, -0.2) is 18.0 Å². The third kappa shape index (κ3) is 3.23. The Morgan fingerprint density at radius 3 is 2.84 bits per heavy atom. The van der Waals surface area contributed by atoms with E-state index < -0.39 is 12.1 Å². The van der Waals surface area contributed by atoms with Gasteiger partial charge in [0.15, 0.2) is 0 Å². The number of hydrogen-bond donors (Lipinski definition) is 3. The molecule has 4 N–H and O–H groups in total. The Morgan fingerprint density at radius 1 is 1.37 bits per heavy atom. The van der Waals surface area contributed by atoms with E-state index in [0.717, 1.165) is 10.9 Å². The molecule has 0 spiro atoms. The highest BCUT2D eigenvalue weighted by atomic mass is 32.1. The molecule has 1 atom stereocenters. The van der Waals surface area contributed by atoms with Crippen molar-refractivity contribution >= 4 is 33.4 Å². The van der Waals surface area contributed by atoms with Crippen molar-refractivity contribution in [2.45, 2.75) is 19.5 Å².